The first kappa shape index (κ1) is 17.6. The molecule has 2 heterocycles. The summed E-state index contributed by atoms with van der Waals surface area (Å²) in [4.78, 5) is 20.9. The second-order valence-electron chi connectivity index (χ2n) is 7.07. The highest BCUT2D eigenvalue weighted by Crippen LogP contribution is 2.30. The highest BCUT2D eigenvalue weighted by atomic mass is 15.2. The molecule has 0 saturated heterocycles. The van der Waals surface area contributed by atoms with Crippen LogP contribution in [0.1, 0.15) is 42.8 Å². The molecule has 0 spiro atoms. The van der Waals surface area contributed by atoms with Crippen molar-refractivity contribution in [2.24, 2.45) is 0 Å². The maximum absolute atomic E-state index is 4.83. The zero-order chi connectivity index (χ0) is 19.0. The molecule has 0 radical (unpaired) electrons. The van der Waals surface area contributed by atoms with E-state index in [1.807, 2.05) is 19.9 Å². The molecule has 6 nitrogen and oxygen atoms in total. The molecule has 0 saturated carbocycles. The van der Waals surface area contributed by atoms with Gasteiger partial charge < -0.3 is 4.90 Å². The molecule has 4 rings (SSSR count). The van der Waals surface area contributed by atoms with Crippen molar-refractivity contribution in [2.45, 2.75) is 47.0 Å². The number of anilines is 3. The third-order valence-corrected chi connectivity index (χ3v) is 5.29. The first-order valence-corrected chi connectivity index (χ1v) is 9.75. The standard InChI is InChI=1S/C21H26N6/c1-5-27(6-2)18-12-13(3)22-20(24-18)26-21-23-14(4)16-11-10-15-8-7-9-17(15)19(16)25-21/h10-12H,5-9H2,1-4H3,(H,22,23,24,25,26). The maximum atomic E-state index is 4.83. The van der Waals surface area contributed by atoms with Crippen LogP contribution in [0.15, 0.2) is 18.2 Å². The van der Waals surface area contributed by atoms with E-state index in [9.17, 15) is 0 Å². The first-order chi connectivity index (χ1) is 13.1. The molecule has 3 aromatic rings. The second kappa shape index (κ2) is 7.10. The van der Waals surface area contributed by atoms with Gasteiger partial charge >= 0.3 is 0 Å². The van der Waals surface area contributed by atoms with Crippen molar-refractivity contribution in [1.29, 1.82) is 0 Å². The lowest BCUT2D eigenvalue weighted by Crippen LogP contribution is -2.23. The van der Waals surface area contributed by atoms with Gasteiger partial charge in [0.25, 0.3) is 0 Å². The van der Waals surface area contributed by atoms with Crippen LogP contribution in [0.2, 0.25) is 0 Å². The van der Waals surface area contributed by atoms with Gasteiger partial charge in [-0.15, -0.1) is 0 Å². The lowest BCUT2D eigenvalue weighted by Gasteiger charge is -2.20. The summed E-state index contributed by atoms with van der Waals surface area (Å²) in [5.74, 6) is 2.04. The molecule has 6 heteroatoms. The number of rotatable bonds is 5. The Balaban J connectivity index is 1.74. The molecular formula is C21H26N6. The number of benzene rings is 1. The number of hydrogen-bond acceptors (Lipinski definition) is 6. The van der Waals surface area contributed by atoms with Crippen molar-refractivity contribution in [3.8, 4) is 0 Å². The summed E-state index contributed by atoms with van der Waals surface area (Å²) in [5, 5.41) is 4.38. The maximum Gasteiger partial charge on any atom is 0.231 e. The number of hydrogen-bond donors (Lipinski definition) is 1. The van der Waals surface area contributed by atoms with Gasteiger partial charge in [-0.1, -0.05) is 12.1 Å². The van der Waals surface area contributed by atoms with Gasteiger partial charge in [0.15, 0.2) is 0 Å². The van der Waals surface area contributed by atoms with Gasteiger partial charge in [0.1, 0.15) is 5.82 Å². The van der Waals surface area contributed by atoms with Crippen molar-refractivity contribution in [2.75, 3.05) is 23.3 Å². The van der Waals surface area contributed by atoms with Gasteiger partial charge in [-0.3, -0.25) is 5.32 Å². The Kier molecular flexibility index (Phi) is 4.64. The molecule has 0 fully saturated rings. The average Bonchev–Trinajstić information content (AvgIpc) is 3.11. The Morgan fingerprint density at radius 1 is 0.963 bits per heavy atom. The fraction of sp³-hybridized carbons (Fsp3) is 0.429. The zero-order valence-electron chi connectivity index (χ0n) is 16.5. The van der Waals surface area contributed by atoms with E-state index in [4.69, 9.17) is 4.98 Å². The summed E-state index contributed by atoms with van der Waals surface area (Å²) in [5.41, 5.74) is 5.76. The Bertz CT molecular complexity index is 994. The molecule has 0 atom stereocenters. The van der Waals surface area contributed by atoms with Crippen molar-refractivity contribution >= 4 is 28.6 Å². The minimum Gasteiger partial charge on any atom is -0.357 e. The van der Waals surface area contributed by atoms with E-state index >= 15 is 0 Å². The van der Waals surface area contributed by atoms with Gasteiger partial charge in [0.05, 0.1) is 11.2 Å². The van der Waals surface area contributed by atoms with Crippen LogP contribution in [0.4, 0.5) is 17.7 Å². The van der Waals surface area contributed by atoms with E-state index in [-0.39, 0.29) is 0 Å². The highest BCUT2D eigenvalue weighted by molar-refractivity contribution is 5.86. The quantitative estimate of drug-likeness (QED) is 0.736. The minimum absolute atomic E-state index is 0.545. The van der Waals surface area contributed by atoms with Crippen LogP contribution in [-0.4, -0.2) is 33.0 Å². The van der Waals surface area contributed by atoms with Crippen LogP contribution in [-0.2, 0) is 12.8 Å². The topological polar surface area (TPSA) is 66.8 Å². The molecule has 27 heavy (non-hydrogen) atoms. The van der Waals surface area contributed by atoms with Crippen LogP contribution in [0.25, 0.3) is 10.9 Å². The molecular weight excluding hydrogens is 336 g/mol. The molecule has 1 N–H and O–H groups in total. The van der Waals surface area contributed by atoms with Crippen molar-refractivity contribution < 1.29 is 0 Å². The molecule has 1 aromatic carbocycles. The number of nitrogens with zero attached hydrogens (tertiary/aromatic N) is 5. The van der Waals surface area contributed by atoms with E-state index in [1.165, 1.54) is 17.5 Å². The molecule has 140 valence electrons. The molecule has 0 aliphatic heterocycles. The van der Waals surface area contributed by atoms with Crippen molar-refractivity contribution in [1.82, 2.24) is 19.9 Å². The Hall–Kier alpha value is -2.76. The van der Waals surface area contributed by atoms with Crippen LogP contribution in [0.5, 0.6) is 0 Å². The summed E-state index contributed by atoms with van der Waals surface area (Å²) in [6.45, 7) is 10.1. The van der Waals surface area contributed by atoms with Crippen LogP contribution >= 0.6 is 0 Å². The van der Waals surface area contributed by atoms with E-state index in [0.29, 0.717) is 11.9 Å². The van der Waals surface area contributed by atoms with Gasteiger partial charge in [-0.25, -0.2) is 15.0 Å². The third-order valence-electron chi connectivity index (χ3n) is 5.29. The fourth-order valence-electron chi connectivity index (χ4n) is 3.89. The Labute approximate surface area is 160 Å². The summed E-state index contributed by atoms with van der Waals surface area (Å²) in [6.07, 6.45) is 3.44. The largest absolute Gasteiger partial charge is 0.357 e. The third kappa shape index (κ3) is 3.31. The van der Waals surface area contributed by atoms with E-state index in [0.717, 1.165) is 54.0 Å². The number of aryl methyl sites for hydroxylation is 4. The smallest absolute Gasteiger partial charge is 0.231 e. The molecule has 1 aliphatic rings. The first-order valence-electron chi connectivity index (χ1n) is 9.75. The van der Waals surface area contributed by atoms with Crippen molar-refractivity contribution in [3.05, 3.63) is 40.7 Å². The van der Waals surface area contributed by atoms with Crippen molar-refractivity contribution in [3.63, 3.8) is 0 Å². The second-order valence-corrected chi connectivity index (χ2v) is 7.07. The van der Waals surface area contributed by atoms with Gasteiger partial charge in [0, 0.05) is 30.2 Å². The predicted octanol–water partition coefficient (Wildman–Crippen LogP) is 4.12. The van der Waals surface area contributed by atoms with Crippen LogP contribution in [0, 0.1) is 13.8 Å². The molecule has 0 unspecified atom stereocenters. The van der Waals surface area contributed by atoms with E-state index in [1.54, 1.807) is 0 Å². The lowest BCUT2D eigenvalue weighted by atomic mass is 10.0. The highest BCUT2D eigenvalue weighted by Gasteiger charge is 2.17. The monoisotopic (exact) mass is 362 g/mol. The average molecular weight is 362 g/mol. The van der Waals surface area contributed by atoms with Gasteiger partial charge in [0.2, 0.25) is 11.9 Å². The predicted molar refractivity (Wildman–Crippen MR) is 110 cm³/mol. The molecule has 1 aliphatic carbocycles. The molecule has 2 aromatic heterocycles. The fourth-order valence-corrected chi connectivity index (χ4v) is 3.89. The summed E-state index contributed by atoms with van der Waals surface area (Å²) < 4.78 is 0. The van der Waals surface area contributed by atoms with Gasteiger partial charge in [-0.05, 0) is 58.1 Å². The van der Waals surface area contributed by atoms with Crippen LogP contribution in [0.3, 0.4) is 0 Å². The lowest BCUT2D eigenvalue weighted by molar-refractivity contribution is 0.840. The molecule has 0 amide bonds. The number of nitrogens with one attached hydrogen (secondary N) is 1. The van der Waals surface area contributed by atoms with Crippen LogP contribution < -0.4 is 10.2 Å². The SMILES string of the molecule is CCN(CC)c1cc(C)nc(Nc2nc(C)c3ccc4c(c3n2)CCC4)n1. The van der Waals surface area contributed by atoms with E-state index in [2.05, 4.69) is 51.1 Å². The molecule has 0 bridgehead atoms. The Morgan fingerprint density at radius 3 is 2.52 bits per heavy atom. The zero-order valence-corrected chi connectivity index (χ0v) is 16.5. The van der Waals surface area contributed by atoms with Gasteiger partial charge in [-0.2, -0.15) is 4.98 Å². The summed E-state index contributed by atoms with van der Waals surface area (Å²) >= 11 is 0. The summed E-state index contributed by atoms with van der Waals surface area (Å²) in [7, 11) is 0. The Morgan fingerprint density at radius 2 is 1.74 bits per heavy atom. The summed E-state index contributed by atoms with van der Waals surface area (Å²) in [6, 6.07) is 6.39. The van der Waals surface area contributed by atoms with E-state index < -0.39 is 0 Å². The minimum atomic E-state index is 0.545. The number of fused-ring (bicyclic) bond motifs is 3. The normalized spacial score (nSPS) is 13.0. The number of aromatic nitrogens is 4.